The molecule has 0 spiro atoms. The zero-order valence-electron chi connectivity index (χ0n) is 14.6. The molecule has 1 aromatic heterocycles. The van der Waals surface area contributed by atoms with Gasteiger partial charge in [-0.2, -0.15) is 0 Å². The summed E-state index contributed by atoms with van der Waals surface area (Å²) < 4.78 is 11.1. The van der Waals surface area contributed by atoms with Crippen LogP contribution in [0.25, 0.3) is 11.0 Å². The molecule has 0 aliphatic carbocycles. The first-order valence-corrected chi connectivity index (χ1v) is 7.89. The molecule has 1 atom stereocenters. The molecule has 0 aliphatic heterocycles. The van der Waals surface area contributed by atoms with Gasteiger partial charge in [-0.15, -0.1) is 0 Å². The van der Waals surface area contributed by atoms with Crippen LogP contribution in [0.5, 0.6) is 5.75 Å². The van der Waals surface area contributed by atoms with Crippen LogP contribution in [0.1, 0.15) is 30.0 Å². The van der Waals surface area contributed by atoms with Gasteiger partial charge in [-0.05, 0) is 51.0 Å². The van der Waals surface area contributed by atoms with E-state index in [-0.39, 0.29) is 13.0 Å². The third-order valence-electron chi connectivity index (χ3n) is 3.96. The molecule has 0 fully saturated rings. The minimum atomic E-state index is -1.24. The van der Waals surface area contributed by atoms with Crippen molar-refractivity contribution in [3.05, 3.63) is 39.2 Å². The van der Waals surface area contributed by atoms with Crippen molar-refractivity contribution in [2.75, 3.05) is 6.54 Å². The Balaban J connectivity index is 2.31. The molecule has 0 saturated carbocycles. The zero-order chi connectivity index (χ0) is 18.7. The molecule has 0 radical (unpaired) electrons. The van der Waals surface area contributed by atoms with Crippen molar-refractivity contribution in [3.63, 3.8) is 0 Å². The summed E-state index contributed by atoms with van der Waals surface area (Å²) in [5, 5.41) is 13.5. The predicted molar refractivity (Wildman–Crippen MR) is 89.4 cm³/mol. The lowest BCUT2D eigenvalue weighted by atomic mass is 10.0. The summed E-state index contributed by atoms with van der Waals surface area (Å²) in [5.74, 6) is -1.25. The Labute approximate surface area is 144 Å². The van der Waals surface area contributed by atoms with Crippen molar-refractivity contribution in [1.82, 2.24) is 5.32 Å². The molecule has 1 amide bonds. The Morgan fingerprint density at radius 3 is 2.56 bits per heavy atom. The first-order chi connectivity index (χ1) is 11.7. The number of carboxylic acids is 1. The van der Waals surface area contributed by atoms with Crippen molar-refractivity contribution >= 4 is 22.8 Å². The summed E-state index contributed by atoms with van der Waals surface area (Å²) in [6.45, 7) is 6.81. The molecule has 2 aromatic rings. The minimum Gasteiger partial charge on any atom is -0.550 e. The van der Waals surface area contributed by atoms with Crippen LogP contribution in [0.4, 0.5) is 0 Å². The van der Waals surface area contributed by atoms with Crippen LogP contribution in [-0.2, 0) is 9.59 Å². The number of carbonyl (C=O) groups excluding carboxylic acids is 2. The smallest absolute Gasteiger partial charge is 0.339 e. The molecular weight excluding hydrogens is 326 g/mol. The minimum absolute atomic E-state index is 0.0313. The first kappa shape index (κ1) is 18.5. The fraction of sp³-hybridized carbons (Fsp3) is 0.389. The fourth-order valence-electron chi connectivity index (χ4n) is 2.46. The molecule has 1 aromatic carbocycles. The Bertz CT molecular complexity index is 883. The van der Waals surface area contributed by atoms with E-state index in [4.69, 9.17) is 9.15 Å². The molecule has 134 valence electrons. The molecule has 2 rings (SSSR count). The van der Waals surface area contributed by atoms with Gasteiger partial charge in [0.1, 0.15) is 11.3 Å². The van der Waals surface area contributed by atoms with E-state index in [9.17, 15) is 19.5 Å². The lowest BCUT2D eigenvalue weighted by Crippen LogP contribution is -2.38. The fourth-order valence-corrected chi connectivity index (χ4v) is 2.46. The maximum absolute atomic E-state index is 12.0. The largest absolute Gasteiger partial charge is 0.550 e. The first-order valence-electron chi connectivity index (χ1n) is 7.89. The van der Waals surface area contributed by atoms with Crippen LogP contribution in [-0.4, -0.2) is 24.5 Å². The van der Waals surface area contributed by atoms with Crippen molar-refractivity contribution in [2.24, 2.45) is 0 Å². The average molecular weight is 346 g/mol. The summed E-state index contributed by atoms with van der Waals surface area (Å²) in [7, 11) is 0. The highest BCUT2D eigenvalue weighted by atomic mass is 16.5. The molecule has 7 nitrogen and oxygen atoms in total. The number of benzene rings is 1. The van der Waals surface area contributed by atoms with Gasteiger partial charge in [0.05, 0.1) is 5.39 Å². The summed E-state index contributed by atoms with van der Waals surface area (Å²) in [6, 6.07) is 3.50. The Morgan fingerprint density at radius 1 is 1.24 bits per heavy atom. The molecule has 7 heteroatoms. The maximum atomic E-state index is 12.0. The van der Waals surface area contributed by atoms with Crippen LogP contribution >= 0.6 is 0 Å². The normalized spacial score (nSPS) is 12.0. The van der Waals surface area contributed by atoms with Crippen molar-refractivity contribution in [3.8, 4) is 5.75 Å². The summed E-state index contributed by atoms with van der Waals surface area (Å²) in [4.78, 5) is 34.3. The van der Waals surface area contributed by atoms with Crippen molar-refractivity contribution in [1.29, 1.82) is 0 Å². The van der Waals surface area contributed by atoms with Gasteiger partial charge in [0.25, 0.3) is 5.91 Å². The second kappa shape index (κ2) is 7.38. The Hall–Kier alpha value is -2.83. The molecule has 0 unspecified atom stereocenters. The van der Waals surface area contributed by atoms with E-state index < -0.39 is 23.6 Å². The molecule has 0 bridgehead atoms. The van der Waals surface area contributed by atoms with Gasteiger partial charge in [-0.3, -0.25) is 4.79 Å². The number of hydrogen-bond donors (Lipinski definition) is 1. The van der Waals surface area contributed by atoms with Crippen LogP contribution in [0.3, 0.4) is 0 Å². The van der Waals surface area contributed by atoms with E-state index in [0.29, 0.717) is 22.3 Å². The van der Waals surface area contributed by atoms with E-state index >= 15 is 0 Å². The topological polar surface area (TPSA) is 109 Å². The molecule has 25 heavy (non-hydrogen) atoms. The number of carbonyl (C=O) groups is 2. The van der Waals surface area contributed by atoms with Gasteiger partial charge in [-0.1, -0.05) is 0 Å². The number of aryl methyl sites for hydroxylation is 2. The molecule has 1 heterocycles. The second-order valence-corrected chi connectivity index (χ2v) is 5.95. The van der Waals surface area contributed by atoms with Gasteiger partial charge in [0.15, 0.2) is 6.10 Å². The van der Waals surface area contributed by atoms with Crippen molar-refractivity contribution in [2.45, 2.75) is 40.2 Å². The number of aliphatic carboxylic acids is 1. The summed E-state index contributed by atoms with van der Waals surface area (Å²) >= 11 is 0. The van der Waals surface area contributed by atoms with E-state index in [0.717, 1.165) is 11.1 Å². The molecular formula is C18H20NO6-. The predicted octanol–water partition coefficient (Wildman–Crippen LogP) is 0.742. The standard InChI is InChI=1S/C18H21NO6/c1-9-7-13(24-12(4)17(22)19-6-5-15(20)21)16-10(2)11(3)18(23)25-14(16)8-9/h7-8,12H,5-6H2,1-4H3,(H,19,22)(H,20,21)/p-1/t12-/m0/s1. The van der Waals surface area contributed by atoms with Crippen LogP contribution in [0.15, 0.2) is 21.3 Å². The SMILES string of the molecule is Cc1cc(O[C@@H](C)C(=O)NCCC(=O)[O-])c2c(C)c(C)c(=O)oc2c1. The van der Waals surface area contributed by atoms with E-state index in [2.05, 4.69) is 5.32 Å². The van der Waals surface area contributed by atoms with Crippen molar-refractivity contribution < 1.29 is 23.8 Å². The average Bonchev–Trinajstić information content (AvgIpc) is 2.51. The van der Waals surface area contributed by atoms with Gasteiger partial charge in [-0.25, -0.2) is 4.79 Å². The maximum Gasteiger partial charge on any atom is 0.339 e. The monoisotopic (exact) mass is 346 g/mol. The number of hydrogen-bond acceptors (Lipinski definition) is 6. The van der Waals surface area contributed by atoms with E-state index in [1.807, 2.05) is 6.92 Å². The second-order valence-electron chi connectivity index (χ2n) is 5.95. The third-order valence-corrected chi connectivity index (χ3v) is 3.96. The Morgan fingerprint density at radius 2 is 1.92 bits per heavy atom. The van der Waals surface area contributed by atoms with Gasteiger partial charge >= 0.3 is 5.63 Å². The zero-order valence-corrected chi connectivity index (χ0v) is 14.6. The van der Waals surface area contributed by atoms with E-state index in [1.54, 1.807) is 32.9 Å². The summed E-state index contributed by atoms with van der Waals surface area (Å²) in [5.41, 5.74) is 2.01. The van der Waals surface area contributed by atoms with Crippen LogP contribution < -0.4 is 20.8 Å². The lowest BCUT2D eigenvalue weighted by molar-refractivity contribution is -0.305. The number of amides is 1. The number of nitrogens with one attached hydrogen (secondary N) is 1. The highest BCUT2D eigenvalue weighted by molar-refractivity contribution is 5.89. The van der Waals surface area contributed by atoms with Gasteiger partial charge in [0, 0.05) is 24.5 Å². The van der Waals surface area contributed by atoms with Gasteiger partial charge in [0.2, 0.25) is 0 Å². The number of fused-ring (bicyclic) bond motifs is 1. The third kappa shape index (κ3) is 4.17. The highest BCUT2D eigenvalue weighted by Crippen LogP contribution is 2.31. The van der Waals surface area contributed by atoms with E-state index in [1.165, 1.54) is 0 Å². The lowest BCUT2D eigenvalue weighted by Gasteiger charge is -2.18. The van der Waals surface area contributed by atoms with Crippen LogP contribution in [0.2, 0.25) is 0 Å². The number of ether oxygens (including phenoxy) is 1. The molecule has 0 saturated heterocycles. The number of rotatable bonds is 6. The van der Waals surface area contributed by atoms with Gasteiger partial charge < -0.3 is 24.4 Å². The number of carboxylic acid groups (broad SMARTS) is 1. The van der Waals surface area contributed by atoms with Crippen LogP contribution in [0, 0.1) is 20.8 Å². The summed E-state index contributed by atoms with van der Waals surface area (Å²) in [6.07, 6.45) is -1.12. The Kier molecular flexibility index (Phi) is 5.46. The molecule has 0 aliphatic rings. The molecule has 1 N–H and O–H groups in total. The highest BCUT2D eigenvalue weighted by Gasteiger charge is 2.19. The quantitative estimate of drug-likeness (QED) is 0.773.